The number of carbonyl (C=O) groups excluding carboxylic acids is 1. The summed E-state index contributed by atoms with van der Waals surface area (Å²) in [7, 11) is 1.67. The largest absolute Gasteiger partial charge is 0.465 e. The number of hydrogen-bond donors (Lipinski definition) is 1. The van der Waals surface area contributed by atoms with Crippen molar-refractivity contribution in [2.45, 2.75) is 20.1 Å². The molecule has 4 nitrogen and oxygen atoms in total. The number of carbonyl (C=O) groups is 1. The summed E-state index contributed by atoms with van der Waals surface area (Å²) < 4.78 is 9.88. The van der Waals surface area contributed by atoms with Gasteiger partial charge in [-0.15, -0.1) is 0 Å². The van der Waals surface area contributed by atoms with Gasteiger partial charge in [-0.3, -0.25) is 4.79 Å². The first-order valence-electron chi connectivity index (χ1n) is 5.69. The highest BCUT2D eigenvalue weighted by Gasteiger charge is 2.01. The Balaban J connectivity index is 2.35. The van der Waals surface area contributed by atoms with Gasteiger partial charge in [0, 0.05) is 13.7 Å². The van der Waals surface area contributed by atoms with E-state index in [0.717, 1.165) is 11.1 Å². The van der Waals surface area contributed by atoms with Gasteiger partial charge in [-0.1, -0.05) is 24.3 Å². The van der Waals surface area contributed by atoms with Crippen molar-refractivity contribution in [1.82, 2.24) is 5.32 Å². The Labute approximate surface area is 102 Å². The van der Waals surface area contributed by atoms with E-state index in [0.29, 0.717) is 19.8 Å². The van der Waals surface area contributed by atoms with Gasteiger partial charge in [0.25, 0.3) is 0 Å². The van der Waals surface area contributed by atoms with Crippen molar-refractivity contribution in [2.24, 2.45) is 0 Å². The minimum atomic E-state index is -0.222. The van der Waals surface area contributed by atoms with Crippen LogP contribution >= 0.6 is 0 Å². The SMILES string of the molecule is CCOC(=O)CNCc1cccc(COC)c1. The van der Waals surface area contributed by atoms with E-state index in [2.05, 4.69) is 11.4 Å². The minimum absolute atomic E-state index is 0.222. The molecule has 0 amide bonds. The van der Waals surface area contributed by atoms with Crippen molar-refractivity contribution in [3.05, 3.63) is 35.4 Å². The number of rotatable bonds is 7. The fourth-order valence-corrected chi connectivity index (χ4v) is 1.52. The topological polar surface area (TPSA) is 47.6 Å². The van der Waals surface area contributed by atoms with Gasteiger partial charge in [-0.25, -0.2) is 0 Å². The van der Waals surface area contributed by atoms with E-state index in [-0.39, 0.29) is 12.5 Å². The summed E-state index contributed by atoms with van der Waals surface area (Å²) in [6.45, 7) is 3.71. The monoisotopic (exact) mass is 237 g/mol. The van der Waals surface area contributed by atoms with Crippen molar-refractivity contribution in [2.75, 3.05) is 20.3 Å². The summed E-state index contributed by atoms with van der Waals surface area (Å²) in [5, 5.41) is 3.04. The predicted molar refractivity (Wildman–Crippen MR) is 65.5 cm³/mol. The zero-order valence-corrected chi connectivity index (χ0v) is 10.4. The molecule has 1 N–H and O–H groups in total. The number of methoxy groups -OCH3 is 1. The van der Waals surface area contributed by atoms with Gasteiger partial charge < -0.3 is 14.8 Å². The summed E-state index contributed by atoms with van der Waals surface area (Å²) in [5.41, 5.74) is 2.26. The Hall–Kier alpha value is -1.39. The van der Waals surface area contributed by atoms with Gasteiger partial charge >= 0.3 is 5.97 Å². The standard InChI is InChI=1S/C13H19NO3/c1-3-17-13(15)9-14-8-11-5-4-6-12(7-11)10-16-2/h4-7,14H,3,8-10H2,1-2H3. The van der Waals surface area contributed by atoms with E-state index in [1.165, 1.54) is 0 Å². The number of hydrogen-bond acceptors (Lipinski definition) is 4. The molecule has 94 valence electrons. The summed E-state index contributed by atoms with van der Waals surface area (Å²) in [5.74, 6) is -0.222. The molecule has 0 atom stereocenters. The Kier molecular flexibility index (Phi) is 6.29. The van der Waals surface area contributed by atoms with E-state index in [9.17, 15) is 4.79 Å². The van der Waals surface area contributed by atoms with Crippen LogP contribution < -0.4 is 5.32 Å². The fraction of sp³-hybridized carbons (Fsp3) is 0.462. The van der Waals surface area contributed by atoms with Crippen LogP contribution in [-0.4, -0.2) is 26.2 Å². The first-order valence-corrected chi connectivity index (χ1v) is 5.69. The maximum Gasteiger partial charge on any atom is 0.319 e. The number of nitrogens with one attached hydrogen (secondary N) is 1. The minimum Gasteiger partial charge on any atom is -0.465 e. The molecule has 0 saturated heterocycles. The Bertz CT molecular complexity index is 352. The molecule has 1 aromatic carbocycles. The van der Waals surface area contributed by atoms with Crippen LogP contribution in [0.3, 0.4) is 0 Å². The molecule has 0 heterocycles. The first-order chi connectivity index (χ1) is 8.26. The van der Waals surface area contributed by atoms with Crippen LogP contribution in [0.15, 0.2) is 24.3 Å². The highest BCUT2D eigenvalue weighted by atomic mass is 16.5. The van der Waals surface area contributed by atoms with Crippen molar-refractivity contribution in [1.29, 1.82) is 0 Å². The quantitative estimate of drug-likeness (QED) is 0.730. The highest BCUT2D eigenvalue weighted by molar-refractivity contribution is 5.71. The molecule has 0 aliphatic heterocycles. The molecule has 17 heavy (non-hydrogen) atoms. The van der Waals surface area contributed by atoms with Crippen molar-refractivity contribution < 1.29 is 14.3 Å². The molecule has 0 aliphatic carbocycles. The van der Waals surface area contributed by atoms with Crippen LogP contribution in [0.1, 0.15) is 18.1 Å². The van der Waals surface area contributed by atoms with E-state index in [1.54, 1.807) is 14.0 Å². The Morgan fingerprint density at radius 2 is 2.12 bits per heavy atom. The highest BCUT2D eigenvalue weighted by Crippen LogP contribution is 2.05. The molecule has 0 unspecified atom stereocenters. The average molecular weight is 237 g/mol. The average Bonchev–Trinajstić information content (AvgIpc) is 2.30. The van der Waals surface area contributed by atoms with Crippen LogP contribution in [0, 0.1) is 0 Å². The van der Waals surface area contributed by atoms with Gasteiger partial charge in [-0.2, -0.15) is 0 Å². The first kappa shape index (κ1) is 13.7. The lowest BCUT2D eigenvalue weighted by atomic mass is 10.1. The molecule has 0 radical (unpaired) electrons. The number of esters is 1. The number of ether oxygens (including phenoxy) is 2. The van der Waals surface area contributed by atoms with E-state index in [1.807, 2.05) is 18.2 Å². The predicted octanol–water partition coefficient (Wildman–Crippen LogP) is 1.49. The van der Waals surface area contributed by atoms with Gasteiger partial charge in [0.1, 0.15) is 0 Å². The van der Waals surface area contributed by atoms with Crippen molar-refractivity contribution in [3.8, 4) is 0 Å². The molecule has 0 spiro atoms. The molecule has 0 aromatic heterocycles. The molecular weight excluding hydrogens is 218 g/mol. The second-order valence-corrected chi connectivity index (χ2v) is 3.66. The van der Waals surface area contributed by atoms with Gasteiger partial charge in [0.05, 0.1) is 19.8 Å². The lowest BCUT2D eigenvalue weighted by molar-refractivity contribution is -0.142. The second-order valence-electron chi connectivity index (χ2n) is 3.66. The maximum atomic E-state index is 11.1. The third-order valence-corrected chi connectivity index (χ3v) is 2.21. The third-order valence-electron chi connectivity index (χ3n) is 2.21. The maximum absolute atomic E-state index is 11.1. The zero-order valence-electron chi connectivity index (χ0n) is 10.4. The molecule has 4 heteroatoms. The normalized spacial score (nSPS) is 10.2. The van der Waals surface area contributed by atoms with E-state index >= 15 is 0 Å². The molecule has 0 aliphatic rings. The van der Waals surface area contributed by atoms with Crippen LogP contribution in [0.4, 0.5) is 0 Å². The van der Waals surface area contributed by atoms with E-state index in [4.69, 9.17) is 9.47 Å². The lowest BCUT2D eigenvalue weighted by Crippen LogP contribution is -2.24. The Morgan fingerprint density at radius 1 is 1.35 bits per heavy atom. The third kappa shape index (κ3) is 5.47. The number of benzene rings is 1. The molecule has 1 aromatic rings. The van der Waals surface area contributed by atoms with Crippen molar-refractivity contribution >= 4 is 5.97 Å². The zero-order chi connectivity index (χ0) is 12.5. The van der Waals surface area contributed by atoms with E-state index < -0.39 is 0 Å². The van der Waals surface area contributed by atoms with Gasteiger partial charge in [0.2, 0.25) is 0 Å². The van der Waals surface area contributed by atoms with Gasteiger partial charge in [0.15, 0.2) is 0 Å². The van der Waals surface area contributed by atoms with Crippen LogP contribution in [0.2, 0.25) is 0 Å². The van der Waals surface area contributed by atoms with Crippen LogP contribution in [0.25, 0.3) is 0 Å². The van der Waals surface area contributed by atoms with Crippen LogP contribution in [-0.2, 0) is 27.4 Å². The smallest absolute Gasteiger partial charge is 0.319 e. The van der Waals surface area contributed by atoms with Crippen LogP contribution in [0.5, 0.6) is 0 Å². The fourth-order valence-electron chi connectivity index (χ4n) is 1.52. The Morgan fingerprint density at radius 3 is 2.82 bits per heavy atom. The lowest BCUT2D eigenvalue weighted by Gasteiger charge is -2.06. The summed E-state index contributed by atoms with van der Waals surface area (Å²) in [6.07, 6.45) is 0. The van der Waals surface area contributed by atoms with Gasteiger partial charge in [-0.05, 0) is 18.1 Å². The molecule has 0 fully saturated rings. The summed E-state index contributed by atoms with van der Waals surface area (Å²) in [4.78, 5) is 11.1. The summed E-state index contributed by atoms with van der Waals surface area (Å²) in [6, 6.07) is 8.06. The second kappa shape index (κ2) is 7.81. The molecule has 1 rings (SSSR count). The van der Waals surface area contributed by atoms with Crippen molar-refractivity contribution in [3.63, 3.8) is 0 Å². The molecule has 0 bridgehead atoms. The summed E-state index contributed by atoms with van der Waals surface area (Å²) >= 11 is 0. The molecule has 0 saturated carbocycles. The molecular formula is C13H19NO3.